The van der Waals surface area contributed by atoms with Gasteiger partial charge in [-0.15, -0.1) is 0 Å². The van der Waals surface area contributed by atoms with Crippen LogP contribution in [0.15, 0.2) is 0 Å². The van der Waals surface area contributed by atoms with E-state index < -0.39 is 0 Å². The molecule has 0 aromatic carbocycles. The zero-order valence-corrected chi connectivity index (χ0v) is 12.1. The van der Waals surface area contributed by atoms with E-state index in [2.05, 4.69) is 4.90 Å². The van der Waals surface area contributed by atoms with Crippen molar-refractivity contribution in [1.82, 2.24) is 4.90 Å². The monoisotopic (exact) mass is 264 g/mol. The average molecular weight is 264 g/mol. The molecule has 1 saturated heterocycles. The molecule has 3 heteroatoms. The van der Waals surface area contributed by atoms with Crippen LogP contribution in [0.5, 0.6) is 0 Å². The predicted octanol–water partition coefficient (Wildman–Crippen LogP) is 2.69. The minimum Gasteiger partial charge on any atom is -0.339 e. The lowest BCUT2D eigenvalue weighted by molar-refractivity contribution is -0.143. The number of nitrogens with two attached hydrogens (primary N) is 1. The van der Waals surface area contributed by atoms with Crippen molar-refractivity contribution < 1.29 is 4.79 Å². The highest BCUT2D eigenvalue weighted by molar-refractivity contribution is 5.84. The number of carbonyl (C=O) groups is 1. The zero-order valence-electron chi connectivity index (χ0n) is 12.1. The molecule has 3 rings (SSSR count). The quantitative estimate of drug-likeness (QED) is 0.852. The van der Waals surface area contributed by atoms with E-state index in [1.807, 2.05) is 0 Å². The Bertz CT molecular complexity index is 330. The topological polar surface area (TPSA) is 46.3 Å². The number of rotatable bonds is 3. The van der Waals surface area contributed by atoms with Crippen LogP contribution < -0.4 is 5.73 Å². The van der Waals surface area contributed by atoms with Gasteiger partial charge in [0, 0.05) is 19.1 Å². The van der Waals surface area contributed by atoms with E-state index >= 15 is 0 Å². The van der Waals surface area contributed by atoms with E-state index in [1.54, 1.807) is 0 Å². The van der Waals surface area contributed by atoms with E-state index in [4.69, 9.17) is 5.73 Å². The molecule has 2 saturated carbocycles. The molecule has 1 aliphatic heterocycles. The molecule has 3 aliphatic rings. The van der Waals surface area contributed by atoms with Gasteiger partial charge in [-0.3, -0.25) is 4.79 Å². The number of hydrogen-bond donors (Lipinski definition) is 1. The highest BCUT2D eigenvalue weighted by Gasteiger charge is 2.46. The van der Waals surface area contributed by atoms with Crippen LogP contribution in [-0.4, -0.2) is 29.9 Å². The van der Waals surface area contributed by atoms with E-state index in [0.29, 0.717) is 18.5 Å². The van der Waals surface area contributed by atoms with Crippen LogP contribution in [0.1, 0.15) is 64.2 Å². The third kappa shape index (κ3) is 2.31. The summed E-state index contributed by atoms with van der Waals surface area (Å²) in [4.78, 5) is 15.3. The first-order chi connectivity index (χ1) is 9.27. The molecule has 0 aromatic heterocycles. The molecule has 1 atom stereocenters. The summed E-state index contributed by atoms with van der Waals surface area (Å²) in [5.41, 5.74) is 5.80. The van der Waals surface area contributed by atoms with Gasteiger partial charge in [0.15, 0.2) is 0 Å². The van der Waals surface area contributed by atoms with Crippen molar-refractivity contribution in [2.24, 2.45) is 17.1 Å². The first kappa shape index (κ1) is 13.4. The number of carbonyl (C=O) groups excluding carboxylic acids is 1. The van der Waals surface area contributed by atoms with Gasteiger partial charge in [0.25, 0.3) is 0 Å². The lowest BCUT2D eigenvalue weighted by atomic mass is 9.83. The Morgan fingerprint density at radius 1 is 1.05 bits per heavy atom. The molecule has 2 N–H and O–H groups in total. The minimum atomic E-state index is -0.193. The van der Waals surface area contributed by atoms with Gasteiger partial charge in [0.1, 0.15) is 0 Å². The summed E-state index contributed by atoms with van der Waals surface area (Å²) < 4.78 is 0. The van der Waals surface area contributed by atoms with Crippen LogP contribution in [0.3, 0.4) is 0 Å². The van der Waals surface area contributed by atoms with Crippen LogP contribution in [0.2, 0.25) is 0 Å². The fourth-order valence-electron chi connectivity index (χ4n) is 4.74. The Kier molecular flexibility index (Phi) is 3.84. The Morgan fingerprint density at radius 2 is 1.74 bits per heavy atom. The highest BCUT2D eigenvalue weighted by Crippen LogP contribution is 2.42. The van der Waals surface area contributed by atoms with Crippen molar-refractivity contribution in [2.45, 2.75) is 70.3 Å². The standard InChI is InChI=1S/C16H28N2O/c17-12-16(9-3-4-10-16)15(19)18-11-5-8-14(18)13-6-1-2-7-13/h13-14H,1-12,17H2. The van der Waals surface area contributed by atoms with Crippen molar-refractivity contribution in [2.75, 3.05) is 13.1 Å². The van der Waals surface area contributed by atoms with Gasteiger partial charge < -0.3 is 10.6 Å². The Labute approximate surface area is 116 Å². The molecular weight excluding hydrogens is 236 g/mol. The molecule has 1 heterocycles. The fraction of sp³-hybridized carbons (Fsp3) is 0.938. The largest absolute Gasteiger partial charge is 0.339 e. The second-order valence-electron chi connectivity index (χ2n) is 6.94. The van der Waals surface area contributed by atoms with Gasteiger partial charge in [-0.25, -0.2) is 0 Å². The summed E-state index contributed by atoms with van der Waals surface area (Å²) in [5.74, 6) is 1.18. The minimum absolute atomic E-state index is 0.193. The maximum Gasteiger partial charge on any atom is 0.230 e. The van der Waals surface area contributed by atoms with E-state index in [9.17, 15) is 4.79 Å². The number of likely N-dealkylation sites (tertiary alicyclic amines) is 1. The third-order valence-electron chi connectivity index (χ3n) is 5.91. The summed E-state index contributed by atoms with van der Waals surface area (Å²) >= 11 is 0. The average Bonchev–Trinajstić information content (AvgIpc) is 3.17. The third-order valence-corrected chi connectivity index (χ3v) is 5.91. The van der Waals surface area contributed by atoms with Gasteiger partial charge in [0.2, 0.25) is 5.91 Å². The molecule has 3 fully saturated rings. The first-order valence-electron chi connectivity index (χ1n) is 8.28. The van der Waals surface area contributed by atoms with Crippen LogP contribution >= 0.6 is 0 Å². The normalized spacial score (nSPS) is 31.2. The molecule has 0 spiro atoms. The SMILES string of the molecule is NCC1(C(=O)N2CCCC2C2CCCC2)CCCC1. The van der Waals surface area contributed by atoms with Gasteiger partial charge in [-0.05, 0) is 44.4 Å². The molecule has 108 valence electrons. The van der Waals surface area contributed by atoms with Crippen LogP contribution in [0.25, 0.3) is 0 Å². The zero-order chi connectivity index (χ0) is 13.3. The van der Waals surface area contributed by atoms with E-state index in [-0.39, 0.29) is 5.41 Å². The molecule has 0 aromatic rings. The molecule has 2 aliphatic carbocycles. The number of nitrogens with zero attached hydrogens (tertiary/aromatic N) is 1. The highest BCUT2D eigenvalue weighted by atomic mass is 16.2. The smallest absolute Gasteiger partial charge is 0.230 e. The van der Waals surface area contributed by atoms with Gasteiger partial charge in [0.05, 0.1) is 5.41 Å². The van der Waals surface area contributed by atoms with Crippen LogP contribution in [0, 0.1) is 11.3 Å². The summed E-state index contributed by atoms with van der Waals surface area (Å²) in [7, 11) is 0. The molecule has 0 radical (unpaired) electrons. The lowest BCUT2D eigenvalue weighted by Crippen LogP contribution is -2.50. The van der Waals surface area contributed by atoms with Gasteiger partial charge in [-0.1, -0.05) is 25.7 Å². The van der Waals surface area contributed by atoms with Crippen molar-refractivity contribution in [3.63, 3.8) is 0 Å². The molecular formula is C16H28N2O. The van der Waals surface area contributed by atoms with Crippen molar-refractivity contribution >= 4 is 5.91 Å². The van der Waals surface area contributed by atoms with Crippen molar-refractivity contribution in [3.8, 4) is 0 Å². The first-order valence-corrected chi connectivity index (χ1v) is 8.28. The number of hydrogen-bond acceptors (Lipinski definition) is 2. The summed E-state index contributed by atoms with van der Waals surface area (Å²) in [5, 5.41) is 0. The summed E-state index contributed by atoms with van der Waals surface area (Å²) in [6, 6.07) is 0.541. The Morgan fingerprint density at radius 3 is 2.37 bits per heavy atom. The second kappa shape index (κ2) is 5.43. The van der Waals surface area contributed by atoms with Crippen molar-refractivity contribution in [3.05, 3.63) is 0 Å². The maximum absolute atomic E-state index is 13.0. The molecule has 1 unspecified atom stereocenters. The Hall–Kier alpha value is -0.570. The van der Waals surface area contributed by atoms with E-state index in [1.165, 1.54) is 51.4 Å². The lowest BCUT2D eigenvalue weighted by Gasteiger charge is -2.37. The molecule has 1 amide bonds. The Balaban J connectivity index is 1.74. The van der Waals surface area contributed by atoms with Gasteiger partial charge >= 0.3 is 0 Å². The molecule has 0 bridgehead atoms. The summed E-state index contributed by atoms with van der Waals surface area (Å²) in [6.45, 7) is 1.54. The fourth-order valence-corrected chi connectivity index (χ4v) is 4.74. The summed E-state index contributed by atoms with van der Waals surface area (Å²) in [6.07, 6.45) is 12.3. The van der Waals surface area contributed by atoms with Crippen LogP contribution in [-0.2, 0) is 4.79 Å². The van der Waals surface area contributed by atoms with Crippen molar-refractivity contribution in [1.29, 1.82) is 0 Å². The number of amides is 1. The second-order valence-corrected chi connectivity index (χ2v) is 6.94. The van der Waals surface area contributed by atoms with Gasteiger partial charge in [-0.2, -0.15) is 0 Å². The molecule has 3 nitrogen and oxygen atoms in total. The van der Waals surface area contributed by atoms with E-state index in [0.717, 1.165) is 25.3 Å². The molecule has 19 heavy (non-hydrogen) atoms. The predicted molar refractivity (Wildman–Crippen MR) is 76.6 cm³/mol. The van der Waals surface area contributed by atoms with Crippen LogP contribution in [0.4, 0.5) is 0 Å². The maximum atomic E-state index is 13.0.